The molecule has 0 aromatic heterocycles. The standard InChI is InChI=1S/C22H20O8/c1-3-27-21(24)18-17(19(23)13-6-9-15-16(10-13)29-11-28-15)22(25)30-20(18)12-4-7-14(26-2)8-5-12/h4-10,17-18,20H,3,11H2,1-2H3/t17-,18+,20+/m0/s1. The van der Waals surface area contributed by atoms with Crippen LogP contribution in [0, 0.1) is 11.8 Å². The Labute approximate surface area is 172 Å². The minimum Gasteiger partial charge on any atom is -0.497 e. The molecule has 0 amide bonds. The average molecular weight is 412 g/mol. The second-order valence-electron chi connectivity index (χ2n) is 6.82. The van der Waals surface area contributed by atoms with Gasteiger partial charge in [-0.1, -0.05) is 12.1 Å². The van der Waals surface area contributed by atoms with Gasteiger partial charge in [-0.25, -0.2) is 0 Å². The van der Waals surface area contributed by atoms with Crippen LogP contribution in [0.3, 0.4) is 0 Å². The van der Waals surface area contributed by atoms with Crippen LogP contribution in [0.1, 0.15) is 28.9 Å². The second kappa shape index (κ2) is 8.06. The average Bonchev–Trinajstić information content (AvgIpc) is 3.37. The maximum absolute atomic E-state index is 13.2. The molecular formula is C22H20O8. The predicted octanol–water partition coefficient (Wildman–Crippen LogP) is 2.70. The minimum absolute atomic E-state index is 0.0590. The number of methoxy groups -OCH3 is 1. The molecule has 2 aromatic rings. The Bertz CT molecular complexity index is 981. The molecule has 1 fully saturated rings. The molecule has 156 valence electrons. The van der Waals surface area contributed by atoms with Crippen LogP contribution in [0.4, 0.5) is 0 Å². The fourth-order valence-corrected chi connectivity index (χ4v) is 3.66. The molecule has 2 aromatic carbocycles. The highest BCUT2D eigenvalue weighted by molar-refractivity contribution is 6.12. The van der Waals surface area contributed by atoms with E-state index in [9.17, 15) is 14.4 Å². The summed E-state index contributed by atoms with van der Waals surface area (Å²) < 4.78 is 26.4. The molecule has 0 radical (unpaired) electrons. The van der Waals surface area contributed by atoms with Gasteiger partial charge in [0, 0.05) is 5.56 Å². The number of Topliss-reactive ketones (excluding diaryl/α,β-unsaturated/α-hetero) is 1. The van der Waals surface area contributed by atoms with Gasteiger partial charge in [0.25, 0.3) is 0 Å². The highest BCUT2D eigenvalue weighted by atomic mass is 16.7. The van der Waals surface area contributed by atoms with Crippen LogP contribution in [-0.2, 0) is 19.1 Å². The third-order valence-electron chi connectivity index (χ3n) is 5.12. The van der Waals surface area contributed by atoms with Crippen molar-refractivity contribution in [2.45, 2.75) is 13.0 Å². The Morgan fingerprint density at radius 2 is 1.80 bits per heavy atom. The topological polar surface area (TPSA) is 97.4 Å². The van der Waals surface area contributed by atoms with Gasteiger partial charge >= 0.3 is 11.9 Å². The maximum Gasteiger partial charge on any atom is 0.318 e. The summed E-state index contributed by atoms with van der Waals surface area (Å²) in [4.78, 5) is 38.7. The number of carbonyl (C=O) groups excluding carboxylic acids is 3. The van der Waals surface area contributed by atoms with Crippen LogP contribution in [0.15, 0.2) is 42.5 Å². The lowest BCUT2D eigenvalue weighted by molar-refractivity contribution is -0.150. The first kappa shape index (κ1) is 19.8. The van der Waals surface area contributed by atoms with Gasteiger partial charge in [0.2, 0.25) is 6.79 Å². The predicted molar refractivity (Wildman–Crippen MR) is 102 cm³/mol. The highest BCUT2D eigenvalue weighted by Crippen LogP contribution is 2.43. The van der Waals surface area contributed by atoms with Crippen LogP contribution in [0.25, 0.3) is 0 Å². The van der Waals surface area contributed by atoms with Gasteiger partial charge in [-0.05, 0) is 42.8 Å². The molecule has 2 aliphatic rings. The summed E-state index contributed by atoms with van der Waals surface area (Å²) in [7, 11) is 1.53. The summed E-state index contributed by atoms with van der Waals surface area (Å²) in [6.45, 7) is 1.83. The van der Waals surface area contributed by atoms with E-state index in [1.165, 1.54) is 19.2 Å². The zero-order valence-electron chi connectivity index (χ0n) is 16.5. The Balaban J connectivity index is 1.68. The minimum atomic E-state index is -1.32. The molecule has 4 rings (SSSR count). The lowest BCUT2D eigenvalue weighted by Gasteiger charge is -2.19. The lowest BCUT2D eigenvalue weighted by atomic mass is 9.82. The number of hydrogen-bond donors (Lipinski definition) is 0. The van der Waals surface area contributed by atoms with E-state index in [1.54, 1.807) is 37.3 Å². The van der Waals surface area contributed by atoms with Gasteiger partial charge in [0.05, 0.1) is 13.7 Å². The lowest BCUT2D eigenvalue weighted by Crippen LogP contribution is -2.33. The van der Waals surface area contributed by atoms with Gasteiger partial charge in [-0.3, -0.25) is 14.4 Å². The number of ketones is 1. The first-order chi connectivity index (χ1) is 14.5. The van der Waals surface area contributed by atoms with E-state index in [4.69, 9.17) is 23.7 Å². The number of hydrogen-bond acceptors (Lipinski definition) is 8. The molecule has 2 aliphatic heterocycles. The second-order valence-corrected chi connectivity index (χ2v) is 6.82. The fourth-order valence-electron chi connectivity index (χ4n) is 3.66. The van der Waals surface area contributed by atoms with Gasteiger partial charge in [-0.15, -0.1) is 0 Å². The first-order valence-corrected chi connectivity index (χ1v) is 9.48. The summed E-state index contributed by atoms with van der Waals surface area (Å²) in [6, 6.07) is 11.4. The van der Waals surface area contributed by atoms with E-state index in [0.29, 0.717) is 22.8 Å². The van der Waals surface area contributed by atoms with Crippen LogP contribution in [0.2, 0.25) is 0 Å². The third kappa shape index (κ3) is 3.45. The Morgan fingerprint density at radius 3 is 2.50 bits per heavy atom. The van der Waals surface area contributed by atoms with Crippen LogP contribution in [-0.4, -0.2) is 38.2 Å². The molecule has 0 unspecified atom stereocenters. The smallest absolute Gasteiger partial charge is 0.318 e. The molecule has 1 saturated heterocycles. The number of fused-ring (bicyclic) bond motifs is 1. The molecule has 8 nitrogen and oxygen atoms in total. The molecule has 0 N–H and O–H groups in total. The molecule has 8 heteroatoms. The SMILES string of the molecule is CCOC(=O)[C@@H]1[C@@H](C(=O)c2ccc3c(c2)OCO3)C(=O)O[C@@H]1c1ccc(OC)cc1. The first-order valence-electron chi connectivity index (χ1n) is 9.48. The van der Waals surface area contributed by atoms with E-state index < -0.39 is 35.7 Å². The Morgan fingerprint density at radius 1 is 1.07 bits per heavy atom. The third-order valence-corrected chi connectivity index (χ3v) is 5.12. The van der Waals surface area contributed by atoms with Crippen LogP contribution < -0.4 is 14.2 Å². The van der Waals surface area contributed by atoms with Crippen molar-refractivity contribution >= 4 is 17.7 Å². The van der Waals surface area contributed by atoms with E-state index in [-0.39, 0.29) is 19.0 Å². The summed E-state index contributed by atoms with van der Waals surface area (Å²) >= 11 is 0. The molecule has 0 aliphatic carbocycles. The van der Waals surface area contributed by atoms with Gasteiger partial charge in [0.15, 0.2) is 17.3 Å². The Hall–Kier alpha value is -3.55. The van der Waals surface area contributed by atoms with Crippen molar-refractivity contribution in [1.29, 1.82) is 0 Å². The van der Waals surface area contributed by atoms with E-state index in [0.717, 1.165) is 0 Å². The van der Waals surface area contributed by atoms with Crippen molar-refractivity contribution < 1.29 is 38.1 Å². The van der Waals surface area contributed by atoms with Crippen molar-refractivity contribution in [3.63, 3.8) is 0 Å². The summed E-state index contributed by atoms with van der Waals surface area (Å²) in [5.41, 5.74) is 0.800. The molecule has 30 heavy (non-hydrogen) atoms. The number of rotatable bonds is 6. The van der Waals surface area contributed by atoms with E-state index in [2.05, 4.69) is 0 Å². The van der Waals surface area contributed by atoms with Gasteiger partial charge in [0.1, 0.15) is 23.7 Å². The maximum atomic E-state index is 13.2. The number of cyclic esters (lactones) is 1. The Kier molecular flexibility index (Phi) is 5.31. The van der Waals surface area contributed by atoms with Crippen LogP contribution in [0.5, 0.6) is 17.2 Å². The number of benzene rings is 2. The van der Waals surface area contributed by atoms with Crippen molar-refractivity contribution in [3.05, 3.63) is 53.6 Å². The zero-order chi connectivity index (χ0) is 21.3. The zero-order valence-corrected chi connectivity index (χ0v) is 16.5. The van der Waals surface area contributed by atoms with Crippen molar-refractivity contribution in [2.75, 3.05) is 20.5 Å². The molecular weight excluding hydrogens is 392 g/mol. The van der Waals surface area contributed by atoms with Crippen molar-refractivity contribution in [2.24, 2.45) is 11.8 Å². The fraction of sp³-hybridized carbons (Fsp3) is 0.318. The molecule has 0 spiro atoms. The van der Waals surface area contributed by atoms with Crippen molar-refractivity contribution in [1.82, 2.24) is 0 Å². The van der Waals surface area contributed by atoms with E-state index >= 15 is 0 Å². The monoisotopic (exact) mass is 412 g/mol. The summed E-state index contributed by atoms with van der Waals surface area (Å²) in [5.74, 6) is -2.86. The molecule has 2 heterocycles. The normalized spacial score (nSPS) is 21.8. The largest absolute Gasteiger partial charge is 0.497 e. The molecule has 3 atom stereocenters. The van der Waals surface area contributed by atoms with Gasteiger partial charge < -0.3 is 23.7 Å². The van der Waals surface area contributed by atoms with Gasteiger partial charge in [-0.2, -0.15) is 0 Å². The number of ether oxygens (including phenoxy) is 5. The van der Waals surface area contributed by atoms with Crippen LogP contribution >= 0.6 is 0 Å². The number of carbonyl (C=O) groups is 3. The quantitative estimate of drug-likeness (QED) is 0.406. The summed E-state index contributed by atoms with van der Waals surface area (Å²) in [5, 5.41) is 0. The van der Waals surface area contributed by atoms with Crippen molar-refractivity contribution in [3.8, 4) is 17.2 Å². The molecule has 0 saturated carbocycles. The van der Waals surface area contributed by atoms with E-state index in [1.807, 2.05) is 0 Å². The highest BCUT2D eigenvalue weighted by Gasteiger charge is 2.54. The summed E-state index contributed by atoms with van der Waals surface area (Å²) in [6.07, 6.45) is -0.939. The molecule has 0 bridgehead atoms. The number of esters is 2.